The normalized spacial score (nSPS) is 13.2. The molecule has 0 saturated heterocycles. The van der Waals surface area contributed by atoms with Gasteiger partial charge in [-0.05, 0) is 27.7 Å². The average Bonchev–Trinajstić information content (AvgIpc) is 2.34. The van der Waals surface area contributed by atoms with Gasteiger partial charge in [0.1, 0.15) is 12.2 Å². The lowest BCUT2D eigenvalue weighted by molar-refractivity contribution is -0.143. The van der Waals surface area contributed by atoms with Crippen molar-refractivity contribution in [3.8, 4) is 0 Å². The molecule has 0 aromatic rings. The Hall–Kier alpha value is -0.880. The van der Waals surface area contributed by atoms with Crippen LogP contribution in [0.2, 0.25) is 0 Å². The van der Waals surface area contributed by atoms with Crippen LogP contribution in [0.4, 0.5) is 0 Å². The zero-order valence-corrected chi connectivity index (χ0v) is 14.1. The molecule has 0 aromatic heterocycles. The first-order valence-electron chi connectivity index (χ1n) is 6.21. The number of hydrogen-bond donors (Lipinski definition) is 0. The summed E-state index contributed by atoms with van der Waals surface area (Å²) in [6, 6.07) is 0. The lowest BCUT2D eigenvalue weighted by Crippen LogP contribution is -2.18. The van der Waals surface area contributed by atoms with E-state index in [1.807, 2.05) is 13.8 Å². The van der Waals surface area contributed by atoms with Crippen LogP contribution in [0.5, 0.6) is 0 Å². The predicted molar refractivity (Wildman–Crippen MR) is 85.7 cm³/mol. The van der Waals surface area contributed by atoms with Crippen molar-refractivity contribution in [1.82, 2.24) is 0 Å². The van der Waals surface area contributed by atoms with Gasteiger partial charge in [0.05, 0.1) is 0 Å². The van der Waals surface area contributed by atoms with E-state index < -0.39 is 0 Å². The predicted octanol–water partition coefficient (Wildman–Crippen LogP) is 3.38. The number of rotatable bonds is 9. The first-order valence-corrected chi connectivity index (χ1v) is 8.70. The summed E-state index contributed by atoms with van der Waals surface area (Å²) in [4.78, 5) is 22.6. The highest BCUT2D eigenvalue weighted by Crippen LogP contribution is 2.24. The van der Waals surface area contributed by atoms with Gasteiger partial charge in [0.25, 0.3) is 0 Å². The smallest absolute Gasteiger partial charge is 0.333 e. The molecule has 0 N–H and O–H groups in total. The molecule has 0 aliphatic heterocycles. The number of carbonyl (C=O) groups excluding carboxylic acids is 2. The lowest BCUT2D eigenvalue weighted by Gasteiger charge is -2.14. The Morgan fingerprint density at radius 1 is 0.900 bits per heavy atom. The van der Waals surface area contributed by atoms with Crippen LogP contribution in [-0.2, 0) is 19.1 Å². The van der Waals surface area contributed by atoms with Crippen molar-refractivity contribution < 1.29 is 19.1 Å². The van der Waals surface area contributed by atoms with E-state index in [0.717, 1.165) is 0 Å². The SMILES string of the molecule is C=C(C)C(=O)OC(C)CSSCC(C)OC(=O)C(=C)C. The molecule has 114 valence electrons. The van der Waals surface area contributed by atoms with Crippen LogP contribution in [-0.4, -0.2) is 35.7 Å². The summed E-state index contributed by atoms with van der Waals surface area (Å²) < 4.78 is 10.3. The van der Waals surface area contributed by atoms with Gasteiger partial charge in [-0.25, -0.2) is 9.59 Å². The Balaban J connectivity index is 3.75. The maximum Gasteiger partial charge on any atom is 0.333 e. The summed E-state index contributed by atoms with van der Waals surface area (Å²) in [5.41, 5.74) is 0.796. The lowest BCUT2D eigenvalue weighted by atomic mass is 10.3. The number of hydrogen-bond acceptors (Lipinski definition) is 6. The molecule has 4 nitrogen and oxygen atoms in total. The zero-order chi connectivity index (χ0) is 15.7. The van der Waals surface area contributed by atoms with Gasteiger partial charge in [-0.1, -0.05) is 34.7 Å². The molecule has 2 atom stereocenters. The molecule has 0 spiro atoms. The van der Waals surface area contributed by atoms with Crippen LogP contribution in [0.3, 0.4) is 0 Å². The fraction of sp³-hybridized carbons (Fsp3) is 0.571. The molecule has 0 bridgehead atoms. The Bertz CT molecular complexity index is 343. The number of carbonyl (C=O) groups is 2. The third kappa shape index (κ3) is 9.09. The molecule has 0 radical (unpaired) electrons. The van der Waals surface area contributed by atoms with E-state index in [9.17, 15) is 9.59 Å². The van der Waals surface area contributed by atoms with Crippen molar-refractivity contribution in [2.75, 3.05) is 11.5 Å². The summed E-state index contributed by atoms with van der Waals surface area (Å²) >= 11 is 0. The minimum Gasteiger partial charge on any atom is -0.458 e. The van der Waals surface area contributed by atoms with Gasteiger partial charge in [-0.2, -0.15) is 0 Å². The van der Waals surface area contributed by atoms with Crippen molar-refractivity contribution in [2.45, 2.75) is 39.9 Å². The third-order valence-corrected chi connectivity index (χ3v) is 4.70. The molecule has 0 rings (SSSR count). The standard InChI is InChI=1S/C14H22O4S2/c1-9(2)13(15)17-11(5)7-19-20-8-12(6)18-14(16)10(3)4/h11-12H,1,3,7-8H2,2,4-6H3. The fourth-order valence-corrected chi connectivity index (χ4v) is 3.36. The van der Waals surface area contributed by atoms with Crippen LogP contribution in [0.25, 0.3) is 0 Å². The monoisotopic (exact) mass is 318 g/mol. The quantitative estimate of drug-likeness (QED) is 0.281. The minimum atomic E-state index is -0.369. The Morgan fingerprint density at radius 3 is 1.45 bits per heavy atom. The van der Waals surface area contributed by atoms with Gasteiger partial charge >= 0.3 is 11.9 Å². The Kier molecular flexibility index (Phi) is 9.50. The summed E-state index contributed by atoms with van der Waals surface area (Å²) in [6.07, 6.45) is -0.352. The van der Waals surface area contributed by atoms with Crippen molar-refractivity contribution >= 4 is 33.5 Å². The van der Waals surface area contributed by atoms with Gasteiger partial charge in [-0.15, -0.1) is 0 Å². The summed E-state index contributed by atoms with van der Waals surface area (Å²) in [5, 5.41) is 0. The average molecular weight is 318 g/mol. The molecule has 0 aliphatic rings. The molecular formula is C14H22O4S2. The summed E-state index contributed by atoms with van der Waals surface area (Å²) in [7, 11) is 3.15. The van der Waals surface area contributed by atoms with Crippen LogP contribution >= 0.6 is 21.6 Å². The van der Waals surface area contributed by atoms with Gasteiger partial charge in [0.2, 0.25) is 0 Å². The second-order valence-electron chi connectivity index (χ2n) is 4.56. The topological polar surface area (TPSA) is 52.6 Å². The second kappa shape index (κ2) is 9.94. The molecule has 0 saturated carbocycles. The van der Waals surface area contributed by atoms with E-state index in [1.54, 1.807) is 35.4 Å². The largest absolute Gasteiger partial charge is 0.458 e. The fourth-order valence-electron chi connectivity index (χ4n) is 0.923. The molecule has 0 fully saturated rings. The zero-order valence-electron chi connectivity index (χ0n) is 12.4. The first-order chi connectivity index (χ1) is 9.23. The molecule has 0 amide bonds. The molecule has 0 aliphatic carbocycles. The Morgan fingerprint density at radius 2 is 1.20 bits per heavy atom. The second-order valence-corrected chi connectivity index (χ2v) is 7.11. The van der Waals surface area contributed by atoms with Crippen LogP contribution in [0.15, 0.2) is 24.3 Å². The van der Waals surface area contributed by atoms with Crippen molar-refractivity contribution in [1.29, 1.82) is 0 Å². The highest BCUT2D eigenvalue weighted by molar-refractivity contribution is 8.76. The van der Waals surface area contributed by atoms with E-state index in [2.05, 4.69) is 13.2 Å². The summed E-state index contributed by atoms with van der Waals surface area (Å²) in [6.45, 7) is 14.0. The molecule has 6 heteroatoms. The highest BCUT2D eigenvalue weighted by atomic mass is 33.1. The highest BCUT2D eigenvalue weighted by Gasteiger charge is 2.12. The molecular weight excluding hydrogens is 296 g/mol. The van der Waals surface area contributed by atoms with Crippen LogP contribution < -0.4 is 0 Å². The molecule has 0 heterocycles. The van der Waals surface area contributed by atoms with Crippen molar-refractivity contribution in [2.24, 2.45) is 0 Å². The molecule has 2 unspecified atom stereocenters. The Labute approximate surface area is 128 Å². The van der Waals surface area contributed by atoms with E-state index in [4.69, 9.17) is 9.47 Å². The van der Waals surface area contributed by atoms with Gasteiger partial charge in [-0.3, -0.25) is 0 Å². The van der Waals surface area contributed by atoms with Crippen molar-refractivity contribution in [3.05, 3.63) is 24.3 Å². The maximum atomic E-state index is 11.3. The van der Waals surface area contributed by atoms with Gasteiger partial charge < -0.3 is 9.47 Å². The van der Waals surface area contributed by atoms with Crippen LogP contribution in [0.1, 0.15) is 27.7 Å². The molecule has 20 heavy (non-hydrogen) atoms. The number of ether oxygens (including phenoxy) is 2. The van der Waals surface area contributed by atoms with Gasteiger partial charge in [0.15, 0.2) is 0 Å². The third-order valence-electron chi connectivity index (χ3n) is 2.00. The van der Waals surface area contributed by atoms with E-state index in [1.165, 1.54) is 0 Å². The number of esters is 2. The van der Waals surface area contributed by atoms with E-state index >= 15 is 0 Å². The van der Waals surface area contributed by atoms with E-state index in [0.29, 0.717) is 22.7 Å². The summed E-state index contributed by atoms with van der Waals surface area (Å²) in [5.74, 6) is 0.606. The van der Waals surface area contributed by atoms with E-state index in [-0.39, 0.29) is 24.1 Å². The maximum absolute atomic E-state index is 11.3. The first kappa shape index (κ1) is 19.1. The van der Waals surface area contributed by atoms with Crippen molar-refractivity contribution in [3.63, 3.8) is 0 Å². The minimum absolute atomic E-state index is 0.176. The van der Waals surface area contributed by atoms with Gasteiger partial charge in [0, 0.05) is 22.7 Å². The van der Waals surface area contributed by atoms with Crippen LogP contribution in [0, 0.1) is 0 Å². The molecule has 0 aromatic carbocycles.